The standard InChI is InChI=1S/C10H15NO4/c1-5-6-14-9(12)7-8(2)15-10(13)11(3)4/h5,7H,1,6H2,2-4H3/b8-7+. The number of carbonyl (C=O) groups excluding carboxylic acids is 2. The van der Waals surface area contributed by atoms with Crippen molar-refractivity contribution in [2.24, 2.45) is 0 Å². The van der Waals surface area contributed by atoms with Crippen LogP contribution in [0, 0.1) is 0 Å². The van der Waals surface area contributed by atoms with Gasteiger partial charge in [-0.3, -0.25) is 0 Å². The second kappa shape index (κ2) is 6.64. The average molecular weight is 213 g/mol. The third-order valence-electron chi connectivity index (χ3n) is 1.28. The lowest BCUT2D eigenvalue weighted by Crippen LogP contribution is -2.22. The summed E-state index contributed by atoms with van der Waals surface area (Å²) in [6.07, 6.45) is 2.01. The first kappa shape index (κ1) is 13.2. The summed E-state index contributed by atoms with van der Waals surface area (Å²) >= 11 is 0. The summed E-state index contributed by atoms with van der Waals surface area (Å²) in [5, 5.41) is 0. The Labute approximate surface area is 89.0 Å². The normalized spacial score (nSPS) is 10.5. The predicted octanol–water partition coefficient (Wildman–Crippen LogP) is 1.32. The van der Waals surface area contributed by atoms with Crippen molar-refractivity contribution in [1.82, 2.24) is 4.90 Å². The van der Waals surface area contributed by atoms with Crippen LogP contribution in [0.25, 0.3) is 0 Å². The van der Waals surface area contributed by atoms with E-state index in [-0.39, 0.29) is 12.4 Å². The van der Waals surface area contributed by atoms with Gasteiger partial charge in [0.2, 0.25) is 0 Å². The molecule has 0 aromatic rings. The zero-order valence-electron chi connectivity index (χ0n) is 9.15. The Morgan fingerprint density at radius 3 is 2.47 bits per heavy atom. The largest absolute Gasteiger partial charge is 0.458 e. The van der Waals surface area contributed by atoms with Gasteiger partial charge in [-0.15, -0.1) is 0 Å². The van der Waals surface area contributed by atoms with E-state index in [1.807, 2.05) is 0 Å². The Balaban J connectivity index is 4.13. The Hall–Kier alpha value is -1.78. The molecule has 0 unspecified atom stereocenters. The zero-order chi connectivity index (χ0) is 11.8. The fourth-order valence-electron chi connectivity index (χ4n) is 0.607. The maximum absolute atomic E-state index is 11.0. The number of nitrogens with zero attached hydrogens (tertiary/aromatic N) is 1. The van der Waals surface area contributed by atoms with Gasteiger partial charge in [0, 0.05) is 14.1 Å². The van der Waals surface area contributed by atoms with Gasteiger partial charge in [-0.25, -0.2) is 9.59 Å². The van der Waals surface area contributed by atoms with Crippen LogP contribution in [0.4, 0.5) is 4.79 Å². The molecule has 0 saturated heterocycles. The van der Waals surface area contributed by atoms with Gasteiger partial charge < -0.3 is 14.4 Å². The topological polar surface area (TPSA) is 55.8 Å². The molecule has 0 rings (SSSR count). The van der Waals surface area contributed by atoms with Crippen LogP contribution in [0.5, 0.6) is 0 Å². The zero-order valence-corrected chi connectivity index (χ0v) is 9.15. The molecule has 0 spiro atoms. The van der Waals surface area contributed by atoms with E-state index in [9.17, 15) is 9.59 Å². The highest BCUT2D eigenvalue weighted by atomic mass is 16.6. The van der Waals surface area contributed by atoms with Crippen LogP contribution in [0.15, 0.2) is 24.5 Å². The first-order valence-corrected chi connectivity index (χ1v) is 4.32. The summed E-state index contributed by atoms with van der Waals surface area (Å²) in [5.41, 5.74) is 0. The highest BCUT2D eigenvalue weighted by molar-refractivity contribution is 5.83. The number of esters is 1. The van der Waals surface area contributed by atoms with Gasteiger partial charge in [-0.2, -0.15) is 0 Å². The molecule has 0 aromatic carbocycles. The number of hydrogen-bond acceptors (Lipinski definition) is 4. The van der Waals surface area contributed by atoms with Crippen LogP contribution in [0.1, 0.15) is 6.92 Å². The highest BCUT2D eigenvalue weighted by Gasteiger charge is 2.07. The molecule has 0 radical (unpaired) electrons. The molecule has 0 aliphatic carbocycles. The molecular formula is C10H15NO4. The van der Waals surface area contributed by atoms with E-state index >= 15 is 0 Å². The van der Waals surface area contributed by atoms with Crippen LogP contribution in [0.2, 0.25) is 0 Å². The number of amides is 1. The van der Waals surface area contributed by atoms with E-state index in [1.165, 1.54) is 17.9 Å². The second-order valence-electron chi connectivity index (χ2n) is 2.94. The maximum Gasteiger partial charge on any atom is 0.414 e. The number of hydrogen-bond donors (Lipinski definition) is 0. The number of allylic oxidation sites excluding steroid dienone is 1. The van der Waals surface area contributed by atoms with Gasteiger partial charge in [-0.05, 0) is 6.92 Å². The Bertz CT molecular complexity index is 281. The molecule has 5 heteroatoms. The summed E-state index contributed by atoms with van der Waals surface area (Å²) in [4.78, 5) is 23.3. The molecule has 0 bridgehead atoms. The van der Waals surface area contributed by atoms with Crippen molar-refractivity contribution in [3.05, 3.63) is 24.5 Å². The summed E-state index contributed by atoms with van der Waals surface area (Å²) < 4.78 is 9.45. The van der Waals surface area contributed by atoms with E-state index in [4.69, 9.17) is 4.74 Å². The lowest BCUT2D eigenvalue weighted by Gasteiger charge is -2.10. The van der Waals surface area contributed by atoms with Crippen molar-refractivity contribution in [1.29, 1.82) is 0 Å². The monoisotopic (exact) mass is 213 g/mol. The van der Waals surface area contributed by atoms with E-state index in [0.29, 0.717) is 0 Å². The molecule has 0 atom stereocenters. The quantitative estimate of drug-likeness (QED) is 0.306. The molecule has 0 aromatic heterocycles. The first-order valence-electron chi connectivity index (χ1n) is 4.32. The van der Waals surface area contributed by atoms with Gasteiger partial charge in [0.05, 0.1) is 6.08 Å². The first-order chi connectivity index (χ1) is 6.97. The van der Waals surface area contributed by atoms with Crippen molar-refractivity contribution in [3.63, 3.8) is 0 Å². The van der Waals surface area contributed by atoms with Crippen molar-refractivity contribution < 1.29 is 19.1 Å². The SMILES string of the molecule is C=CCOC(=O)/C=C(\C)OC(=O)N(C)C. The molecule has 0 heterocycles. The second-order valence-corrected chi connectivity index (χ2v) is 2.94. The van der Waals surface area contributed by atoms with Gasteiger partial charge in [0.1, 0.15) is 12.4 Å². The Morgan fingerprint density at radius 2 is 2.00 bits per heavy atom. The molecule has 0 fully saturated rings. The average Bonchev–Trinajstić information content (AvgIpc) is 2.14. The summed E-state index contributed by atoms with van der Waals surface area (Å²) in [5.74, 6) is -0.387. The number of rotatable bonds is 4. The molecule has 5 nitrogen and oxygen atoms in total. The lowest BCUT2D eigenvalue weighted by molar-refractivity contribution is -0.136. The van der Waals surface area contributed by atoms with Crippen molar-refractivity contribution in [2.45, 2.75) is 6.92 Å². The van der Waals surface area contributed by atoms with E-state index in [2.05, 4.69) is 11.3 Å². The van der Waals surface area contributed by atoms with Gasteiger partial charge in [0.15, 0.2) is 0 Å². The molecule has 0 saturated carbocycles. The minimum absolute atomic E-state index is 0.129. The van der Waals surface area contributed by atoms with Crippen molar-refractivity contribution in [2.75, 3.05) is 20.7 Å². The van der Waals surface area contributed by atoms with Gasteiger partial charge >= 0.3 is 12.1 Å². The van der Waals surface area contributed by atoms with E-state index in [1.54, 1.807) is 14.1 Å². The van der Waals surface area contributed by atoms with Crippen LogP contribution in [-0.4, -0.2) is 37.7 Å². The molecule has 0 aliphatic heterocycles. The molecule has 1 amide bonds. The number of ether oxygens (including phenoxy) is 2. The highest BCUT2D eigenvalue weighted by Crippen LogP contribution is 1.99. The molecular weight excluding hydrogens is 198 g/mol. The van der Waals surface area contributed by atoms with E-state index < -0.39 is 12.1 Å². The molecule has 0 aliphatic rings. The summed E-state index contributed by atoms with van der Waals surface area (Å²) in [7, 11) is 3.09. The Kier molecular flexibility index (Phi) is 5.85. The maximum atomic E-state index is 11.0. The Morgan fingerprint density at radius 1 is 1.40 bits per heavy atom. The van der Waals surface area contributed by atoms with Crippen LogP contribution in [0.3, 0.4) is 0 Å². The predicted molar refractivity (Wildman–Crippen MR) is 55.1 cm³/mol. The third-order valence-corrected chi connectivity index (χ3v) is 1.28. The number of carbonyl (C=O) groups is 2. The third kappa shape index (κ3) is 6.31. The van der Waals surface area contributed by atoms with Crippen LogP contribution < -0.4 is 0 Å². The van der Waals surface area contributed by atoms with Crippen LogP contribution in [-0.2, 0) is 14.3 Å². The fourth-order valence-corrected chi connectivity index (χ4v) is 0.607. The van der Waals surface area contributed by atoms with Crippen molar-refractivity contribution in [3.8, 4) is 0 Å². The molecule has 84 valence electrons. The van der Waals surface area contributed by atoms with Gasteiger partial charge in [0.25, 0.3) is 0 Å². The summed E-state index contributed by atoms with van der Waals surface area (Å²) in [6.45, 7) is 5.02. The fraction of sp³-hybridized carbons (Fsp3) is 0.400. The van der Waals surface area contributed by atoms with E-state index in [0.717, 1.165) is 6.08 Å². The lowest BCUT2D eigenvalue weighted by atomic mass is 10.5. The van der Waals surface area contributed by atoms with Crippen LogP contribution >= 0.6 is 0 Å². The minimum Gasteiger partial charge on any atom is -0.458 e. The summed E-state index contributed by atoms with van der Waals surface area (Å²) in [6, 6.07) is 0. The van der Waals surface area contributed by atoms with Gasteiger partial charge in [-0.1, -0.05) is 12.7 Å². The molecule has 15 heavy (non-hydrogen) atoms. The molecule has 0 N–H and O–H groups in total. The van der Waals surface area contributed by atoms with Crippen molar-refractivity contribution >= 4 is 12.1 Å². The minimum atomic E-state index is -0.570. The smallest absolute Gasteiger partial charge is 0.414 e.